The summed E-state index contributed by atoms with van der Waals surface area (Å²) < 4.78 is 0. The maximum Gasteiger partial charge on any atom is 0.160 e. The maximum absolute atomic E-state index is 11.2. The van der Waals surface area contributed by atoms with Gasteiger partial charge in [-0.15, -0.1) is 0 Å². The molecule has 0 saturated heterocycles. The number of hydrogen-bond donors (Lipinski definition) is 1. The van der Waals surface area contributed by atoms with Crippen LogP contribution in [0.2, 0.25) is 0 Å². The molecule has 0 fully saturated rings. The van der Waals surface area contributed by atoms with E-state index in [9.17, 15) is 9.90 Å². The van der Waals surface area contributed by atoms with Crippen LogP contribution in [0, 0.1) is 0 Å². The first-order valence-electron chi connectivity index (χ1n) is 4.38. The van der Waals surface area contributed by atoms with Crippen molar-refractivity contribution in [2.24, 2.45) is 0 Å². The summed E-state index contributed by atoms with van der Waals surface area (Å²) in [5.41, 5.74) is 1.63. The average molecular weight is 178 g/mol. The summed E-state index contributed by atoms with van der Waals surface area (Å²) in [6.45, 7) is 3.26. The molecule has 1 aromatic carbocycles. The van der Waals surface area contributed by atoms with Crippen molar-refractivity contribution in [3.8, 4) is 0 Å². The number of rotatable bonds is 3. The smallest absolute Gasteiger partial charge is 0.160 e. The zero-order valence-electron chi connectivity index (χ0n) is 7.95. The standard InChI is InChI=1S/C11H14O2/c1-8(12)7-10-5-3-4-6-11(10)9(2)13/h3-6,8,12H,7H2,1-2H3. The Hall–Kier alpha value is -1.15. The highest BCUT2D eigenvalue weighted by molar-refractivity contribution is 5.95. The highest BCUT2D eigenvalue weighted by Crippen LogP contribution is 2.11. The molecule has 0 aliphatic rings. The number of hydrogen-bond acceptors (Lipinski definition) is 2. The molecule has 0 aromatic heterocycles. The second kappa shape index (κ2) is 4.19. The summed E-state index contributed by atoms with van der Waals surface area (Å²) >= 11 is 0. The minimum Gasteiger partial charge on any atom is -0.393 e. The van der Waals surface area contributed by atoms with Crippen molar-refractivity contribution in [2.75, 3.05) is 0 Å². The van der Waals surface area contributed by atoms with E-state index in [1.807, 2.05) is 18.2 Å². The fourth-order valence-electron chi connectivity index (χ4n) is 1.36. The molecule has 2 nitrogen and oxygen atoms in total. The Balaban J connectivity index is 2.98. The second-order valence-corrected chi connectivity index (χ2v) is 3.27. The first-order chi connectivity index (χ1) is 6.11. The molecule has 13 heavy (non-hydrogen) atoms. The van der Waals surface area contributed by atoms with Crippen LogP contribution in [0.25, 0.3) is 0 Å². The van der Waals surface area contributed by atoms with E-state index in [4.69, 9.17) is 0 Å². The van der Waals surface area contributed by atoms with Gasteiger partial charge in [0.05, 0.1) is 6.10 Å². The van der Waals surface area contributed by atoms with Gasteiger partial charge >= 0.3 is 0 Å². The topological polar surface area (TPSA) is 37.3 Å². The lowest BCUT2D eigenvalue weighted by molar-refractivity contribution is 0.101. The quantitative estimate of drug-likeness (QED) is 0.717. The van der Waals surface area contributed by atoms with Crippen LogP contribution in [-0.2, 0) is 6.42 Å². The van der Waals surface area contributed by atoms with Gasteiger partial charge < -0.3 is 5.11 Å². The fourth-order valence-corrected chi connectivity index (χ4v) is 1.36. The molecule has 1 N–H and O–H groups in total. The van der Waals surface area contributed by atoms with Crippen molar-refractivity contribution in [1.82, 2.24) is 0 Å². The molecular formula is C11H14O2. The van der Waals surface area contributed by atoms with Crippen LogP contribution in [0.5, 0.6) is 0 Å². The van der Waals surface area contributed by atoms with Crippen LogP contribution >= 0.6 is 0 Å². The summed E-state index contributed by atoms with van der Waals surface area (Å²) in [7, 11) is 0. The van der Waals surface area contributed by atoms with E-state index in [-0.39, 0.29) is 5.78 Å². The van der Waals surface area contributed by atoms with Gasteiger partial charge in [-0.05, 0) is 25.8 Å². The largest absolute Gasteiger partial charge is 0.393 e. The zero-order valence-corrected chi connectivity index (χ0v) is 7.95. The lowest BCUT2D eigenvalue weighted by Crippen LogP contribution is -2.08. The second-order valence-electron chi connectivity index (χ2n) is 3.27. The molecule has 0 aliphatic carbocycles. The molecule has 1 unspecified atom stereocenters. The number of carbonyl (C=O) groups excluding carboxylic acids is 1. The number of Topliss-reactive ketones (excluding diaryl/α,β-unsaturated/α-hetero) is 1. The number of ketones is 1. The fraction of sp³-hybridized carbons (Fsp3) is 0.364. The van der Waals surface area contributed by atoms with E-state index in [0.717, 1.165) is 5.56 Å². The summed E-state index contributed by atoms with van der Waals surface area (Å²) in [5, 5.41) is 9.20. The van der Waals surface area contributed by atoms with Crippen LogP contribution in [-0.4, -0.2) is 17.0 Å². The third-order valence-electron chi connectivity index (χ3n) is 1.91. The van der Waals surface area contributed by atoms with Gasteiger partial charge in [0, 0.05) is 5.56 Å². The molecule has 1 rings (SSSR count). The van der Waals surface area contributed by atoms with Crippen molar-refractivity contribution in [3.05, 3.63) is 35.4 Å². The van der Waals surface area contributed by atoms with Gasteiger partial charge in [0.25, 0.3) is 0 Å². The van der Waals surface area contributed by atoms with Gasteiger partial charge in [-0.1, -0.05) is 24.3 Å². The van der Waals surface area contributed by atoms with Gasteiger partial charge in [-0.2, -0.15) is 0 Å². The number of aliphatic hydroxyl groups excluding tert-OH is 1. The first-order valence-corrected chi connectivity index (χ1v) is 4.38. The molecular weight excluding hydrogens is 164 g/mol. The molecule has 2 heteroatoms. The highest BCUT2D eigenvalue weighted by atomic mass is 16.3. The van der Waals surface area contributed by atoms with Crippen molar-refractivity contribution < 1.29 is 9.90 Å². The van der Waals surface area contributed by atoms with Crippen molar-refractivity contribution >= 4 is 5.78 Å². The molecule has 0 spiro atoms. The Morgan fingerprint density at radius 1 is 1.46 bits per heavy atom. The molecule has 0 aliphatic heterocycles. The third-order valence-corrected chi connectivity index (χ3v) is 1.91. The van der Waals surface area contributed by atoms with E-state index in [2.05, 4.69) is 0 Å². The molecule has 0 amide bonds. The summed E-state index contributed by atoms with van der Waals surface area (Å²) in [6, 6.07) is 7.38. The van der Waals surface area contributed by atoms with E-state index >= 15 is 0 Å². The molecule has 0 radical (unpaired) electrons. The first kappa shape index (κ1) is 9.93. The molecule has 0 bridgehead atoms. The van der Waals surface area contributed by atoms with E-state index in [1.165, 1.54) is 0 Å². The normalized spacial score (nSPS) is 12.5. The number of carbonyl (C=O) groups is 1. The monoisotopic (exact) mass is 178 g/mol. The van der Waals surface area contributed by atoms with Gasteiger partial charge in [0.15, 0.2) is 5.78 Å². The van der Waals surface area contributed by atoms with Crippen LogP contribution in [0.3, 0.4) is 0 Å². The minimum absolute atomic E-state index is 0.0521. The Morgan fingerprint density at radius 2 is 2.08 bits per heavy atom. The predicted octanol–water partition coefficient (Wildman–Crippen LogP) is 1.81. The Bertz CT molecular complexity index is 303. The van der Waals surface area contributed by atoms with Crippen LogP contribution < -0.4 is 0 Å². The minimum atomic E-state index is -0.402. The Kier molecular flexibility index (Phi) is 3.20. The Labute approximate surface area is 78.2 Å². The van der Waals surface area contributed by atoms with Gasteiger partial charge in [0.1, 0.15) is 0 Å². The summed E-state index contributed by atoms with van der Waals surface area (Å²) in [5.74, 6) is 0.0521. The molecule has 1 aromatic rings. The van der Waals surface area contributed by atoms with Gasteiger partial charge in [-0.25, -0.2) is 0 Å². The average Bonchev–Trinajstić information content (AvgIpc) is 2.03. The van der Waals surface area contributed by atoms with Gasteiger partial charge in [0.2, 0.25) is 0 Å². The van der Waals surface area contributed by atoms with E-state index < -0.39 is 6.10 Å². The van der Waals surface area contributed by atoms with Crippen molar-refractivity contribution in [2.45, 2.75) is 26.4 Å². The number of aliphatic hydroxyl groups is 1. The lowest BCUT2D eigenvalue weighted by atomic mass is 10.00. The van der Waals surface area contributed by atoms with Crippen LogP contribution in [0.1, 0.15) is 29.8 Å². The SMILES string of the molecule is CC(=O)c1ccccc1CC(C)O. The lowest BCUT2D eigenvalue weighted by Gasteiger charge is -2.07. The molecule has 0 heterocycles. The van der Waals surface area contributed by atoms with Crippen molar-refractivity contribution in [1.29, 1.82) is 0 Å². The van der Waals surface area contributed by atoms with Crippen molar-refractivity contribution in [3.63, 3.8) is 0 Å². The van der Waals surface area contributed by atoms with Crippen LogP contribution in [0.4, 0.5) is 0 Å². The molecule has 0 saturated carbocycles. The van der Waals surface area contributed by atoms with Crippen LogP contribution in [0.15, 0.2) is 24.3 Å². The summed E-state index contributed by atoms with van der Waals surface area (Å²) in [6.07, 6.45) is 0.135. The maximum atomic E-state index is 11.2. The van der Waals surface area contributed by atoms with E-state index in [1.54, 1.807) is 19.9 Å². The highest BCUT2D eigenvalue weighted by Gasteiger charge is 2.07. The van der Waals surface area contributed by atoms with Gasteiger partial charge in [-0.3, -0.25) is 4.79 Å². The molecule has 70 valence electrons. The third kappa shape index (κ3) is 2.67. The number of benzene rings is 1. The summed E-state index contributed by atoms with van der Waals surface area (Å²) in [4.78, 5) is 11.2. The molecule has 1 atom stereocenters. The predicted molar refractivity (Wildman–Crippen MR) is 51.8 cm³/mol. The Morgan fingerprint density at radius 3 is 2.62 bits per heavy atom. The zero-order chi connectivity index (χ0) is 9.84. The van der Waals surface area contributed by atoms with E-state index in [0.29, 0.717) is 12.0 Å².